The Labute approximate surface area is 101 Å². The Bertz CT molecular complexity index is 186. The Balaban J connectivity index is 2.22. The van der Waals surface area contributed by atoms with Gasteiger partial charge >= 0.3 is 0 Å². The second-order valence-electron chi connectivity index (χ2n) is 5.71. The van der Waals surface area contributed by atoms with Gasteiger partial charge in [0.2, 0.25) is 0 Å². The number of hydrogen-bond acceptors (Lipinski definition) is 3. The molecular formula is C13H29N3. The third-order valence-electron chi connectivity index (χ3n) is 3.98. The summed E-state index contributed by atoms with van der Waals surface area (Å²) in [4.78, 5) is 4.93. The second kappa shape index (κ2) is 6.58. The first-order chi connectivity index (χ1) is 7.50. The molecule has 0 aromatic rings. The topological polar surface area (TPSA) is 32.5 Å². The molecule has 96 valence electrons. The van der Waals surface area contributed by atoms with Crippen LogP contribution in [0, 0.1) is 5.92 Å². The molecule has 1 fully saturated rings. The average Bonchev–Trinajstić information content (AvgIpc) is 2.26. The maximum absolute atomic E-state index is 6.08. The molecule has 1 rings (SSSR count). The van der Waals surface area contributed by atoms with Crippen molar-refractivity contribution >= 4 is 0 Å². The molecule has 0 aromatic heterocycles. The van der Waals surface area contributed by atoms with Crippen LogP contribution in [0.4, 0.5) is 0 Å². The molecule has 0 radical (unpaired) electrons. The fourth-order valence-corrected chi connectivity index (χ4v) is 2.30. The summed E-state index contributed by atoms with van der Waals surface area (Å²) in [6.45, 7) is 8.05. The number of piperidine rings is 1. The van der Waals surface area contributed by atoms with E-state index in [1.807, 2.05) is 0 Å². The molecule has 16 heavy (non-hydrogen) atoms. The van der Waals surface area contributed by atoms with E-state index in [9.17, 15) is 0 Å². The zero-order chi connectivity index (χ0) is 12.1. The van der Waals surface area contributed by atoms with E-state index in [1.54, 1.807) is 0 Å². The van der Waals surface area contributed by atoms with E-state index in [0.717, 1.165) is 19.0 Å². The molecule has 0 aromatic carbocycles. The van der Waals surface area contributed by atoms with E-state index in [4.69, 9.17) is 5.73 Å². The van der Waals surface area contributed by atoms with Crippen LogP contribution in [0.5, 0.6) is 0 Å². The van der Waals surface area contributed by atoms with Gasteiger partial charge in [-0.15, -0.1) is 0 Å². The van der Waals surface area contributed by atoms with Crippen LogP contribution in [0.1, 0.15) is 33.1 Å². The summed E-state index contributed by atoms with van der Waals surface area (Å²) in [5, 5.41) is 0. The summed E-state index contributed by atoms with van der Waals surface area (Å²) in [5.74, 6) is 0.603. The Morgan fingerprint density at radius 3 is 2.38 bits per heavy atom. The van der Waals surface area contributed by atoms with Crippen molar-refractivity contribution in [2.75, 3.05) is 33.7 Å². The van der Waals surface area contributed by atoms with Crippen molar-refractivity contribution in [3.8, 4) is 0 Å². The predicted molar refractivity (Wildman–Crippen MR) is 70.6 cm³/mol. The molecular weight excluding hydrogens is 198 g/mol. The molecule has 2 N–H and O–H groups in total. The van der Waals surface area contributed by atoms with Gasteiger partial charge in [-0.2, -0.15) is 0 Å². The molecule has 3 heteroatoms. The molecule has 1 unspecified atom stereocenters. The minimum absolute atomic E-state index is 0.355. The Morgan fingerprint density at radius 2 is 1.88 bits per heavy atom. The first-order valence-corrected chi connectivity index (χ1v) is 6.65. The van der Waals surface area contributed by atoms with E-state index in [-0.39, 0.29) is 0 Å². The molecule has 1 heterocycles. The van der Waals surface area contributed by atoms with E-state index in [2.05, 4.69) is 37.7 Å². The highest BCUT2D eigenvalue weighted by Crippen LogP contribution is 2.15. The van der Waals surface area contributed by atoms with Gasteiger partial charge in [0.25, 0.3) is 0 Å². The molecule has 1 aliphatic rings. The van der Waals surface area contributed by atoms with Crippen LogP contribution in [-0.4, -0.2) is 55.6 Å². The zero-order valence-electron chi connectivity index (χ0n) is 11.4. The Morgan fingerprint density at radius 1 is 1.31 bits per heavy atom. The van der Waals surface area contributed by atoms with Crippen molar-refractivity contribution in [2.45, 2.75) is 45.2 Å². The summed E-state index contributed by atoms with van der Waals surface area (Å²) >= 11 is 0. The Kier molecular flexibility index (Phi) is 5.73. The summed E-state index contributed by atoms with van der Waals surface area (Å²) in [7, 11) is 4.47. The smallest absolute Gasteiger partial charge is 0.0117 e. The average molecular weight is 227 g/mol. The number of hydrogen-bond donors (Lipinski definition) is 1. The van der Waals surface area contributed by atoms with Gasteiger partial charge in [0.05, 0.1) is 0 Å². The number of likely N-dealkylation sites (tertiary alicyclic amines) is 1. The quantitative estimate of drug-likeness (QED) is 0.770. The third kappa shape index (κ3) is 4.40. The van der Waals surface area contributed by atoms with Gasteiger partial charge in [-0.05, 0) is 58.9 Å². The highest BCUT2D eigenvalue weighted by Gasteiger charge is 2.20. The maximum atomic E-state index is 6.08. The number of nitrogens with two attached hydrogens (primary N) is 1. The molecule has 1 aliphatic heterocycles. The summed E-state index contributed by atoms with van der Waals surface area (Å²) in [6, 6.07) is 1.13. The van der Waals surface area contributed by atoms with Gasteiger partial charge in [-0.25, -0.2) is 0 Å². The maximum Gasteiger partial charge on any atom is 0.0117 e. The van der Waals surface area contributed by atoms with Gasteiger partial charge in [-0.1, -0.05) is 13.8 Å². The fourth-order valence-electron chi connectivity index (χ4n) is 2.30. The van der Waals surface area contributed by atoms with Crippen LogP contribution in [0.2, 0.25) is 0 Å². The van der Waals surface area contributed by atoms with Crippen molar-refractivity contribution in [1.29, 1.82) is 0 Å². The highest BCUT2D eigenvalue weighted by molar-refractivity contribution is 4.78. The minimum Gasteiger partial charge on any atom is -0.327 e. The molecule has 0 spiro atoms. The molecule has 1 atom stereocenters. The standard InChI is InChI=1S/C13H29N3/c1-11(2)13(14)7-10-16(4)12-5-8-15(3)9-6-12/h11-13H,5-10,14H2,1-4H3. The van der Waals surface area contributed by atoms with E-state index < -0.39 is 0 Å². The van der Waals surface area contributed by atoms with Gasteiger partial charge in [0, 0.05) is 12.1 Å². The van der Waals surface area contributed by atoms with Gasteiger partial charge in [-0.3, -0.25) is 0 Å². The second-order valence-corrected chi connectivity index (χ2v) is 5.71. The van der Waals surface area contributed by atoms with Gasteiger partial charge in [0.15, 0.2) is 0 Å². The van der Waals surface area contributed by atoms with Crippen LogP contribution in [0.3, 0.4) is 0 Å². The van der Waals surface area contributed by atoms with Crippen LogP contribution in [0.15, 0.2) is 0 Å². The van der Waals surface area contributed by atoms with Crippen molar-refractivity contribution in [1.82, 2.24) is 9.80 Å². The van der Waals surface area contributed by atoms with E-state index in [1.165, 1.54) is 25.9 Å². The first-order valence-electron chi connectivity index (χ1n) is 6.65. The van der Waals surface area contributed by atoms with Crippen LogP contribution < -0.4 is 5.73 Å². The fraction of sp³-hybridized carbons (Fsp3) is 1.00. The predicted octanol–water partition coefficient (Wildman–Crippen LogP) is 1.39. The lowest BCUT2D eigenvalue weighted by atomic mass is 10.00. The van der Waals surface area contributed by atoms with Gasteiger partial charge in [0.1, 0.15) is 0 Å². The summed E-state index contributed by atoms with van der Waals surface area (Å²) < 4.78 is 0. The number of nitrogens with zero attached hydrogens (tertiary/aromatic N) is 2. The largest absolute Gasteiger partial charge is 0.327 e. The SMILES string of the molecule is CC(C)C(N)CCN(C)C1CCN(C)CC1. The zero-order valence-corrected chi connectivity index (χ0v) is 11.4. The molecule has 1 saturated heterocycles. The normalized spacial score (nSPS) is 21.9. The van der Waals surface area contributed by atoms with Crippen molar-refractivity contribution in [3.63, 3.8) is 0 Å². The summed E-state index contributed by atoms with van der Waals surface area (Å²) in [6.07, 6.45) is 3.74. The minimum atomic E-state index is 0.355. The summed E-state index contributed by atoms with van der Waals surface area (Å²) in [5.41, 5.74) is 6.08. The molecule has 0 aliphatic carbocycles. The molecule has 0 bridgehead atoms. The lowest BCUT2D eigenvalue weighted by Crippen LogP contribution is -2.43. The third-order valence-corrected chi connectivity index (χ3v) is 3.98. The molecule has 0 amide bonds. The monoisotopic (exact) mass is 227 g/mol. The first kappa shape index (κ1) is 13.9. The van der Waals surface area contributed by atoms with E-state index >= 15 is 0 Å². The highest BCUT2D eigenvalue weighted by atomic mass is 15.2. The number of rotatable bonds is 5. The molecule has 0 saturated carbocycles. The lowest BCUT2D eigenvalue weighted by molar-refractivity contribution is 0.140. The van der Waals surface area contributed by atoms with Crippen molar-refractivity contribution in [2.24, 2.45) is 11.7 Å². The van der Waals surface area contributed by atoms with Crippen LogP contribution in [0.25, 0.3) is 0 Å². The van der Waals surface area contributed by atoms with Gasteiger partial charge < -0.3 is 15.5 Å². The van der Waals surface area contributed by atoms with Crippen LogP contribution >= 0.6 is 0 Å². The Hall–Kier alpha value is -0.120. The van der Waals surface area contributed by atoms with Crippen molar-refractivity contribution < 1.29 is 0 Å². The van der Waals surface area contributed by atoms with E-state index in [0.29, 0.717) is 12.0 Å². The molecule has 3 nitrogen and oxygen atoms in total. The lowest BCUT2D eigenvalue weighted by Gasteiger charge is -2.35. The van der Waals surface area contributed by atoms with Crippen molar-refractivity contribution in [3.05, 3.63) is 0 Å². The van der Waals surface area contributed by atoms with Crippen LogP contribution in [-0.2, 0) is 0 Å².